The highest BCUT2D eigenvalue weighted by Gasteiger charge is 2.19. The van der Waals surface area contributed by atoms with Gasteiger partial charge in [0.25, 0.3) is 0 Å². The number of unbranched alkanes of at least 4 members (excludes halogenated alkanes) is 52. The topological polar surface area (TPSA) is 78.9 Å². The molecular weight excluding hydrogens is 937 g/mol. The summed E-state index contributed by atoms with van der Waals surface area (Å²) in [7, 11) is 0. The van der Waals surface area contributed by atoms with E-state index in [9.17, 15) is 14.4 Å². The third-order valence-corrected chi connectivity index (χ3v) is 16.0. The van der Waals surface area contributed by atoms with Crippen LogP contribution >= 0.6 is 0 Å². The number of carbonyl (C=O) groups excluding carboxylic acids is 3. The predicted molar refractivity (Wildman–Crippen MR) is 330 cm³/mol. The lowest BCUT2D eigenvalue weighted by atomic mass is 10.0. The zero-order chi connectivity index (χ0) is 55.0. The molecule has 76 heavy (non-hydrogen) atoms. The molecule has 0 saturated heterocycles. The number of allylic oxidation sites excluding steroid dienone is 2. The van der Waals surface area contributed by atoms with E-state index in [1.165, 1.54) is 295 Å². The van der Waals surface area contributed by atoms with Crippen LogP contribution < -0.4 is 0 Å². The van der Waals surface area contributed by atoms with Gasteiger partial charge in [0.05, 0.1) is 0 Å². The molecule has 0 fully saturated rings. The summed E-state index contributed by atoms with van der Waals surface area (Å²) in [5.74, 6) is -0.842. The van der Waals surface area contributed by atoms with Crippen LogP contribution in [0.2, 0.25) is 0 Å². The Balaban J connectivity index is 4.19. The number of ether oxygens (including phenoxy) is 3. The van der Waals surface area contributed by atoms with Crippen molar-refractivity contribution in [3.8, 4) is 0 Å². The lowest BCUT2D eigenvalue weighted by molar-refractivity contribution is -0.167. The number of carbonyl (C=O) groups is 3. The van der Waals surface area contributed by atoms with E-state index in [4.69, 9.17) is 14.2 Å². The van der Waals surface area contributed by atoms with Gasteiger partial charge in [0, 0.05) is 19.3 Å². The molecule has 0 aromatic heterocycles. The van der Waals surface area contributed by atoms with Crippen LogP contribution in [0.1, 0.15) is 400 Å². The molecule has 1 atom stereocenters. The van der Waals surface area contributed by atoms with Gasteiger partial charge in [0.2, 0.25) is 0 Å². The molecular formula is C70H134O6. The van der Waals surface area contributed by atoms with Crippen molar-refractivity contribution in [3.05, 3.63) is 12.2 Å². The van der Waals surface area contributed by atoms with Crippen LogP contribution in [0.15, 0.2) is 12.2 Å². The van der Waals surface area contributed by atoms with Gasteiger partial charge < -0.3 is 14.2 Å². The average molecular weight is 1070 g/mol. The normalized spacial score (nSPS) is 12.0. The molecule has 0 saturated carbocycles. The Morgan fingerprint density at radius 1 is 0.250 bits per heavy atom. The number of esters is 3. The lowest BCUT2D eigenvalue weighted by Crippen LogP contribution is -2.30. The molecule has 6 nitrogen and oxygen atoms in total. The second-order valence-corrected chi connectivity index (χ2v) is 23.8. The summed E-state index contributed by atoms with van der Waals surface area (Å²) < 4.78 is 17.0. The monoisotopic (exact) mass is 1070 g/mol. The van der Waals surface area contributed by atoms with E-state index in [0.29, 0.717) is 19.3 Å². The highest BCUT2D eigenvalue weighted by molar-refractivity contribution is 5.71. The van der Waals surface area contributed by atoms with Crippen LogP contribution in [0.3, 0.4) is 0 Å². The SMILES string of the molecule is CCCCC/C=C\CCCCCCCC(=O)OCC(COC(=O)CCCCCCCCCCCCCCCCCCCCCCCCCC)OC(=O)CCCCCCCCCCCCCCCCCCCCCCCC. The quantitative estimate of drug-likeness (QED) is 0.0261. The molecule has 0 amide bonds. The van der Waals surface area contributed by atoms with Crippen molar-refractivity contribution >= 4 is 17.9 Å². The van der Waals surface area contributed by atoms with Crippen molar-refractivity contribution in [2.75, 3.05) is 13.2 Å². The third-order valence-electron chi connectivity index (χ3n) is 16.0. The largest absolute Gasteiger partial charge is 0.462 e. The molecule has 0 aromatic rings. The number of rotatable bonds is 65. The summed E-state index contributed by atoms with van der Waals surface area (Å²) in [5, 5.41) is 0. The summed E-state index contributed by atoms with van der Waals surface area (Å²) in [6.45, 7) is 6.70. The lowest BCUT2D eigenvalue weighted by Gasteiger charge is -2.18. The maximum absolute atomic E-state index is 12.9. The van der Waals surface area contributed by atoms with E-state index in [1.807, 2.05) is 0 Å². The van der Waals surface area contributed by atoms with Gasteiger partial charge in [-0.3, -0.25) is 14.4 Å². The summed E-state index contributed by atoms with van der Waals surface area (Å²) in [6, 6.07) is 0. The molecule has 450 valence electrons. The first-order valence-corrected chi connectivity index (χ1v) is 34.7. The number of hydrogen-bond acceptors (Lipinski definition) is 6. The van der Waals surface area contributed by atoms with Crippen LogP contribution in [0.25, 0.3) is 0 Å². The maximum atomic E-state index is 12.9. The van der Waals surface area contributed by atoms with Crippen molar-refractivity contribution in [1.82, 2.24) is 0 Å². The molecule has 0 bridgehead atoms. The van der Waals surface area contributed by atoms with E-state index in [-0.39, 0.29) is 31.1 Å². The number of hydrogen-bond donors (Lipinski definition) is 0. The van der Waals surface area contributed by atoms with E-state index < -0.39 is 6.10 Å². The van der Waals surface area contributed by atoms with Gasteiger partial charge in [-0.1, -0.05) is 348 Å². The Labute approximate surface area is 475 Å². The molecule has 0 aromatic carbocycles. The fourth-order valence-electron chi connectivity index (χ4n) is 10.8. The summed E-state index contributed by atoms with van der Waals surface area (Å²) in [6.07, 6.45) is 78.2. The van der Waals surface area contributed by atoms with Crippen molar-refractivity contribution < 1.29 is 28.6 Å². The molecule has 0 rings (SSSR count). The molecule has 0 N–H and O–H groups in total. The molecule has 0 aliphatic heterocycles. The van der Waals surface area contributed by atoms with E-state index in [1.54, 1.807) is 0 Å². The summed E-state index contributed by atoms with van der Waals surface area (Å²) in [5.41, 5.74) is 0. The van der Waals surface area contributed by atoms with Crippen molar-refractivity contribution in [3.63, 3.8) is 0 Å². The fraction of sp³-hybridized carbons (Fsp3) is 0.929. The second-order valence-electron chi connectivity index (χ2n) is 23.8. The Kier molecular flexibility index (Phi) is 64.1. The Bertz CT molecular complexity index is 1180. The smallest absolute Gasteiger partial charge is 0.306 e. The molecule has 6 heteroatoms. The zero-order valence-corrected chi connectivity index (χ0v) is 51.8. The van der Waals surface area contributed by atoms with E-state index >= 15 is 0 Å². The van der Waals surface area contributed by atoms with E-state index in [2.05, 4.69) is 32.9 Å². The van der Waals surface area contributed by atoms with Gasteiger partial charge >= 0.3 is 17.9 Å². The first-order chi connectivity index (χ1) is 37.5. The minimum atomic E-state index is -0.769. The Morgan fingerprint density at radius 3 is 0.684 bits per heavy atom. The maximum Gasteiger partial charge on any atom is 0.306 e. The zero-order valence-electron chi connectivity index (χ0n) is 51.8. The van der Waals surface area contributed by atoms with Crippen LogP contribution in [0.5, 0.6) is 0 Å². The first kappa shape index (κ1) is 74.2. The van der Waals surface area contributed by atoms with Gasteiger partial charge in [0.1, 0.15) is 13.2 Å². The van der Waals surface area contributed by atoms with Crippen LogP contribution in [0.4, 0.5) is 0 Å². The molecule has 0 aliphatic rings. The average Bonchev–Trinajstić information content (AvgIpc) is 3.42. The van der Waals surface area contributed by atoms with Gasteiger partial charge in [-0.15, -0.1) is 0 Å². The molecule has 0 aliphatic carbocycles. The first-order valence-electron chi connectivity index (χ1n) is 34.7. The second kappa shape index (κ2) is 65.7. The summed E-state index contributed by atoms with van der Waals surface area (Å²) in [4.78, 5) is 38.3. The van der Waals surface area contributed by atoms with Crippen LogP contribution in [0, 0.1) is 0 Å². The minimum Gasteiger partial charge on any atom is -0.462 e. The molecule has 0 spiro atoms. The Morgan fingerprint density at radius 2 is 0.434 bits per heavy atom. The van der Waals surface area contributed by atoms with Gasteiger partial charge in [-0.25, -0.2) is 0 Å². The highest BCUT2D eigenvalue weighted by atomic mass is 16.6. The Hall–Kier alpha value is -1.85. The third kappa shape index (κ3) is 63.0. The van der Waals surface area contributed by atoms with Crippen molar-refractivity contribution in [2.24, 2.45) is 0 Å². The highest BCUT2D eigenvalue weighted by Crippen LogP contribution is 2.19. The van der Waals surface area contributed by atoms with Crippen LogP contribution in [-0.2, 0) is 28.6 Å². The fourth-order valence-corrected chi connectivity index (χ4v) is 10.8. The minimum absolute atomic E-state index is 0.0658. The van der Waals surface area contributed by atoms with Gasteiger partial charge in [-0.2, -0.15) is 0 Å². The summed E-state index contributed by atoms with van der Waals surface area (Å²) >= 11 is 0. The molecule has 0 heterocycles. The van der Waals surface area contributed by atoms with Crippen molar-refractivity contribution in [2.45, 2.75) is 406 Å². The van der Waals surface area contributed by atoms with Crippen molar-refractivity contribution in [1.29, 1.82) is 0 Å². The molecule has 1 unspecified atom stereocenters. The van der Waals surface area contributed by atoms with Gasteiger partial charge in [0.15, 0.2) is 6.10 Å². The predicted octanol–water partition coefficient (Wildman–Crippen LogP) is 23.6. The molecule has 0 radical (unpaired) electrons. The van der Waals surface area contributed by atoms with E-state index in [0.717, 1.165) is 64.2 Å². The standard InChI is InChI=1S/C70H134O6/c1-4-7-10-13-16-19-22-25-27-29-31-33-35-36-38-39-41-43-45-48-51-54-57-60-63-69(72)75-66-67(65-74-68(71)62-59-56-53-50-47-24-21-18-15-12-9-6-3)76-70(73)64-61-58-55-52-49-46-44-42-40-37-34-32-30-28-26-23-20-17-14-11-8-5-2/h18,21,67H,4-17,19-20,22-66H2,1-3H3/b21-18-. The van der Waals surface area contributed by atoms with Crippen LogP contribution in [-0.4, -0.2) is 37.2 Å². The van der Waals surface area contributed by atoms with Gasteiger partial charge in [-0.05, 0) is 44.9 Å².